The van der Waals surface area contributed by atoms with E-state index in [2.05, 4.69) is 10.6 Å². The Labute approximate surface area is 123 Å². The summed E-state index contributed by atoms with van der Waals surface area (Å²) < 4.78 is 0. The zero-order valence-electron chi connectivity index (χ0n) is 11.8. The van der Waals surface area contributed by atoms with E-state index in [1.807, 2.05) is 42.5 Å². The van der Waals surface area contributed by atoms with Gasteiger partial charge in [0.1, 0.15) is 0 Å². The van der Waals surface area contributed by atoms with Crippen molar-refractivity contribution in [2.24, 2.45) is 0 Å². The molecule has 3 rings (SSSR count). The highest BCUT2D eigenvalue weighted by Crippen LogP contribution is 2.19. The van der Waals surface area contributed by atoms with Crippen LogP contribution in [0, 0.1) is 0 Å². The van der Waals surface area contributed by atoms with Crippen LogP contribution in [0.2, 0.25) is 0 Å². The smallest absolute Gasteiger partial charge is 0.239 e. The number of amides is 2. The molecule has 0 aromatic heterocycles. The molecule has 0 atom stereocenters. The van der Waals surface area contributed by atoms with Gasteiger partial charge >= 0.3 is 0 Å². The molecule has 1 fully saturated rings. The molecular formula is C17H18N2O2. The molecule has 0 unspecified atom stereocenters. The predicted octanol–water partition coefficient (Wildman–Crippen LogP) is 1.78. The number of benzene rings is 2. The first-order valence-corrected chi connectivity index (χ1v) is 7.25. The van der Waals surface area contributed by atoms with Crippen LogP contribution >= 0.6 is 0 Å². The van der Waals surface area contributed by atoms with Crippen LogP contribution < -0.4 is 10.6 Å². The van der Waals surface area contributed by atoms with Crippen molar-refractivity contribution in [1.29, 1.82) is 0 Å². The van der Waals surface area contributed by atoms with Crippen LogP contribution in [-0.4, -0.2) is 24.4 Å². The Kier molecular flexibility index (Phi) is 3.86. The van der Waals surface area contributed by atoms with Crippen LogP contribution in [-0.2, 0) is 16.0 Å². The first-order valence-electron chi connectivity index (χ1n) is 7.25. The van der Waals surface area contributed by atoms with E-state index >= 15 is 0 Å². The first-order chi connectivity index (χ1) is 10.2. The molecule has 1 aliphatic rings. The van der Waals surface area contributed by atoms with Crippen LogP contribution in [0.15, 0.2) is 42.5 Å². The van der Waals surface area contributed by atoms with Crippen molar-refractivity contribution < 1.29 is 9.59 Å². The van der Waals surface area contributed by atoms with Crippen LogP contribution in [0.1, 0.15) is 18.4 Å². The number of fused-ring (bicyclic) bond motifs is 1. The molecule has 0 saturated heterocycles. The highest BCUT2D eigenvalue weighted by atomic mass is 16.2. The van der Waals surface area contributed by atoms with Crippen molar-refractivity contribution in [2.75, 3.05) is 6.54 Å². The molecule has 2 amide bonds. The van der Waals surface area contributed by atoms with Gasteiger partial charge in [-0.2, -0.15) is 0 Å². The Balaban J connectivity index is 1.59. The maximum atomic E-state index is 12.0. The molecule has 0 spiro atoms. The highest BCUT2D eigenvalue weighted by molar-refractivity contribution is 5.91. The van der Waals surface area contributed by atoms with Crippen LogP contribution in [0.3, 0.4) is 0 Å². The van der Waals surface area contributed by atoms with Gasteiger partial charge in [-0.05, 0) is 29.2 Å². The summed E-state index contributed by atoms with van der Waals surface area (Å²) >= 11 is 0. The van der Waals surface area contributed by atoms with Gasteiger partial charge in [-0.3, -0.25) is 9.59 Å². The van der Waals surface area contributed by atoms with Crippen molar-refractivity contribution >= 4 is 22.6 Å². The molecule has 0 aliphatic heterocycles. The minimum atomic E-state index is -0.128. The van der Waals surface area contributed by atoms with Crippen LogP contribution in [0.4, 0.5) is 0 Å². The van der Waals surface area contributed by atoms with E-state index in [1.54, 1.807) is 0 Å². The minimum Gasteiger partial charge on any atom is -0.352 e. The zero-order valence-corrected chi connectivity index (χ0v) is 11.8. The third-order valence-electron chi connectivity index (χ3n) is 3.62. The standard InChI is InChI=1S/C17H18N2O2/c20-16(18-11-17(21)19-14-8-9-14)10-13-6-3-5-12-4-1-2-7-15(12)13/h1-7,14H,8-11H2,(H,18,20)(H,19,21). The number of carbonyl (C=O) groups is 2. The van der Waals surface area contributed by atoms with Crippen molar-refractivity contribution in [2.45, 2.75) is 25.3 Å². The number of nitrogens with one attached hydrogen (secondary N) is 2. The monoisotopic (exact) mass is 282 g/mol. The molecule has 0 bridgehead atoms. The lowest BCUT2D eigenvalue weighted by Crippen LogP contribution is -2.38. The molecule has 4 heteroatoms. The Morgan fingerprint density at radius 3 is 2.57 bits per heavy atom. The summed E-state index contributed by atoms with van der Waals surface area (Å²) in [4.78, 5) is 23.5. The van der Waals surface area contributed by atoms with Gasteiger partial charge in [0.05, 0.1) is 13.0 Å². The maximum Gasteiger partial charge on any atom is 0.239 e. The van der Waals surface area contributed by atoms with E-state index < -0.39 is 0 Å². The lowest BCUT2D eigenvalue weighted by atomic mass is 10.0. The predicted molar refractivity (Wildman–Crippen MR) is 81.8 cm³/mol. The molecule has 4 nitrogen and oxygen atoms in total. The molecule has 2 aromatic rings. The Morgan fingerprint density at radius 2 is 1.76 bits per heavy atom. The Morgan fingerprint density at radius 1 is 1.00 bits per heavy atom. The third kappa shape index (κ3) is 3.60. The number of hydrogen-bond donors (Lipinski definition) is 2. The molecule has 0 heterocycles. The number of carbonyl (C=O) groups excluding carboxylic acids is 2. The van der Waals surface area contributed by atoms with E-state index in [0.717, 1.165) is 29.2 Å². The lowest BCUT2D eigenvalue weighted by Gasteiger charge is -2.08. The van der Waals surface area contributed by atoms with E-state index in [-0.39, 0.29) is 24.8 Å². The summed E-state index contributed by atoms with van der Waals surface area (Å²) in [5.74, 6) is -0.235. The molecule has 0 radical (unpaired) electrons. The molecule has 108 valence electrons. The quantitative estimate of drug-likeness (QED) is 0.878. The second-order valence-electron chi connectivity index (χ2n) is 5.43. The summed E-state index contributed by atoms with van der Waals surface area (Å²) in [6.45, 7) is 0.0557. The first kappa shape index (κ1) is 13.6. The van der Waals surface area contributed by atoms with Crippen LogP contribution in [0.5, 0.6) is 0 Å². The van der Waals surface area contributed by atoms with Gasteiger partial charge in [0.2, 0.25) is 11.8 Å². The van der Waals surface area contributed by atoms with Gasteiger partial charge < -0.3 is 10.6 Å². The van der Waals surface area contributed by atoms with Gasteiger partial charge in [0, 0.05) is 6.04 Å². The Bertz CT molecular complexity index is 672. The fraction of sp³-hybridized carbons (Fsp3) is 0.294. The second kappa shape index (κ2) is 5.95. The summed E-state index contributed by atoms with van der Waals surface area (Å²) in [5.41, 5.74) is 0.980. The average molecular weight is 282 g/mol. The SMILES string of the molecule is O=C(Cc1cccc2ccccc12)NCC(=O)NC1CC1. The van der Waals surface area contributed by atoms with Gasteiger partial charge in [-0.25, -0.2) is 0 Å². The molecule has 2 aromatic carbocycles. The summed E-state index contributed by atoms with van der Waals surface area (Å²) in [5, 5.41) is 7.73. The number of rotatable bonds is 5. The molecule has 1 saturated carbocycles. The average Bonchev–Trinajstić information content (AvgIpc) is 3.29. The minimum absolute atomic E-state index is 0.0557. The fourth-order valence-corrected chi connectivity index (χ4v) is 2.37. The topological polar surface area (TPSA) is 58.2 Å². The van der Waals surface area contributed by atoms with Gasteiger partial charge in [-0.15, -0.1) is 0 Å². The van der Waals surface area contributed by atoms with E-state index in [0.29, 0.717) is 6.04 Å². The molecule has 21 heavy (non-hydrogen) atoms. The van der Waals surface area contributed by atoms with Gasteiger partial charge in [0.15, 0.2) is 0 Å². The molecular weight excluding hydrogens is 264 g/mol. The summed E-state index contributed by atoms with van der Waals surface area (Å²) in [7, 11) is 0. The Hall–Kier alpha value is -2.36. The van der Waals surface area contributed by atoms with Gasteiger partial charge in [-0.1, -0.05) is 42.5 Å². The third-order valence-corrected chi connectivity index (χ3v) is 3.62. The van der Waals surface area contributed by atoms with Crippen molar-refractivity contribution in [3.8, 4) is 0 Å². The summed E-state index contributed by atoms with van der Waals surface area (Å²) in [6.07, 6.45) is 2.39. The van der Waals surface area contributed by atoms with E-state index in [1.165, 1.54) is 0 Å². The molecule has 1 aliphatic carbocycles. The lowest BCUT2D eigenvalue weighted by molar-refractivity contribution is -0.125. The van der Waals surface area contributed by atoms with Crippen LogP contribution in [0.25, 0.3) is 10.8 Å². The van der Waals surface area contributed by atoms with Crippen molar-refractivity contribution in [1.82, 2.24) is 10.6 Å². The fourth-order valence-electron chi connectivity index (χ4n) is 2.37. The maximum absolute atomic E-state index is 12.0. The van der Waals surface area contributed by atoms with Gasteiger partial charge in [0.25, 0.3) is 0 Å². The second-order valence-corrected chi connectivity index (χ2v) is 5.43. The normalized spacial score (nSPS) is 13.9. The summed E-state index contributed by atoms with van der Waals surface area (Å²) in [6, 6.07) is 14.2. The van der Waals surface area contributed by atoms with Crippen molar-refractivity contribution in [3.05, 3.63) is 48.0 Å². The largest absolute Gasteiger partial charge is 0.352 e. The highest BCUT2D eigenvalue weighted by Gasteiger charge is 2.23. The van der Waals surface area contributed by atoms with E-state index in [9.17, 15) is 9.59 Å². The zero-order chi connectivity index (χ0) is 14.7. The number of hydrogen-bond acceptors (Lipinski definition) is 2. The molecule has 2 N–H and O–H groups in total. The van der Waals surface area contributed by atoms with E-state index in [4.69, 9.17) is 0 Å². The van der Waals surface area contributed by atoms with Crippen molar-refractivity contribution in [3.63, 3.8) is 0 Å².